The Kier molecular flexibility index (Phi) is 7.29. The quantitative estimate of drug-likeness (QED) is 0.581. The van der Waals surface area contributed by atoms with Crippen molar-refractivity contribution < 1.29 is 24.2 Å². The van der Waals surface area contributed by atoms with E-state index >= 15 is 0 Å². The summed E-state index contributed by atoms with van der Waals surface area (Å²) in [5.41, 5.74) is -0.993. The van der Waals surface area contributed by atoms with Gasteiger partial charge in [0, 0.05) is 5.92 Å². The summed E-state index contributed by atoms with van der Waals surface area (Å²) in [6, 6.07) is 0. The van der Waals surface area contributed by atoms with Gasteiger partial charge in [0.1, 0.15) is 17.6 Å². The molecule has 0 unspecified atom stereocenters. The van der Waals surface area contributed by atoms with Gasteiger partial charge < -0.3 is 9.84 Å². The fraction of sp³-hybridized carbons (Fsp3) is 0.650. The molecule has 0 aromatic heterocycles. The van der Waals surface area contributed by atoms with E-state index in [0.29, 0.717) is 18.4 Å². The minimum Gasteiger partial charge on any atom is -0.458 e. The number of ether oxygens (including phenoxy) is 1. The number of carbonyl (C=O) groups excluding carboxylic acids is 3. The van der Waals surface area contributed by atoms with Crippen molar-refractivity contribution in [1.82, 2.24) is 0 Å². The zero-order valence-electron chi connectivity index (χ0n) is 16.0. The molecule has 5 nitrogen and oxygen atoms in total. The molecule has 0 saturated heterocycles. The van der Waals surface area contributed by atoms with Crippen LogP contribution in [0.5, 0.6) is 0 Å². The lowest BCUT2D eigenvalue weighted by Crippen LogP contribution is -2.42. The van der Waals surface area contributed by atoms with Crippen LogP contribution in [-0.2, 0) is 19.1 Å². The minimum absolute atomic E-state index is 0.0198. The van der Waals surface area contributed by atoms with E-state index in [2.05, 4.69) is 0 Å². The van der Waals surface area contributed by atoms with Crippen LogP contribution in [0, 0.1) is 17.8 Å². The Morgan fingerprint density at radius 2 is 1.84 bits per heavy atom. The van der Waals surface area contributed by atoms with E-state index in [1.165, 1.54) is 26.0 Å². The molecule has 1 heterocycles. The zero-order valence-corrected chi connectivity index (χ0v) is 16.0. The normalized spacial score (nSPS) is 39.2. The average molecular weight is 350 g/mol. The molecule has 0 aliphatic carbocycles. The van der Waals surface area contributed by atoms with Gasteiger partial charge >= 0.3 is 5.97 Å². The van der Waals surface area contributed by atoms with Crippen molar-refractivity contribution >= 4 is 17.5 Å². The third-order valence-electron chi connectivity index (χ3n) is 4.75. The summed E-state index contributed by atoms with van der Waals surface area (Å²) in [4.78, 5) is 37.1. The predicted molar refractivity (Wildman–Crippen MR) is 95.8 cm³/mol. The van der Waals surface area contributed by atoms with E-state index < -0.39 is 23.6 Å². The fourth-order valence-electron chi connectivity index (χ4n) is 3.08. The van der Waals surface area contributed by atoms with E-state index in [0.717, 1.165) is 0 Å². The van der Waals surface area contributed by atoms with Crippen molar-refractivity contribution in [2.45, 2.75) is 66.1 Å². The first-order valence-corrected chi connectivity index (χ1v) is 8.88. The Bertz CT molecular complexity index is 585. The van der Waals surface area contributed by atoms with Crippen LogP contribution < -0.4 is 0 Å². The number of rotatable bonds is 1. The van der Waals surface area contributed by atoms with E-state index in [9.17, 15) is 19.5 Å². The molecule has 5 heteroatoms. The molecule has 1 N–H and O–H groups in total. The van der Waals surface area contributed by atoms with Gasteiger partial charge in [-0.1, -0.05) is 26.8 Å². The lowest BCUT2D eigenvalue weighted by Gasteiger charge is -2.30. The lowest BCUT2D eigenvalue weighted by atomic mass is 9.88. The smallest absolute Gasteiger partial charge is 0.316 e. The molecule has 5 atom stereocenters. The molecule has 0 saturated carbocycles. The Morgan fingerprint density at radius 1 is 1.24 bits per heavy atom. The van der Waals surface area contributed by atoms with Gasteiger partial charge in [0.15, 0.2) is 11.6 Å². The number of aliphatic hydroxyl groups is 1. The number of ketones is 2. The Balaban J connectivity index is 3.26. The number of hydrogen-bond donors (Lipinski definition) is 1. The molecule has 0 amide bonds. The van der Waals surface area contributed by atoms with Crippen LogP contribution >= 0.6 is 0 Å². The summed E-state index contributed by atoms with van der Waals surface area (Å²) in [6.07, 6.45) is 4.67. The Labute approximate surface area is 150 Å². The van der Waals surface area contributed by atoms with Gasteiger partial charge in [0.25, 0.3) is 0 Å². The Morgan fingerprint density at radius 3 is 2.40 bits per heavy atom. The van der Waals surface area contributed by atoms with Crippen LogP contribution in [0.2, 0.25) is 0 Å². The van der Waals surface area contributed by atoms with Crippen LogP contribution in [0.25, 0.3) is 0 Å². The second kappa shape index (κ2) is 8.56. The first-order chi connectivity index (χ1) is 11.5. The maximum atomic E-state index is 12.5. The van der Waals surface area contributed by atoms with Crippen molar-refractivity contribution in [1.29, 1.82) is 0 Å². The van der Waals surface area contributed by atoms with E-state index in [1.807, 2.05) is 13.8 Å². The van der Waals surface area contributed by atoms with Crippen molar-refractivity contribution in [3.8, 4) is 0 Å². The molecule has 1 aliphatic rings. The number of cyclic esters (lactones) is 1. The number of carbonyl (C=O) groups is 3. The van der Waals surface area contributed by atoms with Gasteiger partial charge in [-0.25, -0.2) is 0 Å². The van der Waals surface area contributed by atoms with Crippen LogP contribution in [0.1, 0.15) is 54.4 Å². The number of esters is 1. The molecule has 140 valence electrons. The third kappa shape index (κ3) is 5.63. The van der Waals surface area contributed by atoms with Crippen molar-refractivity contribution in [3.63, 3.8) is 0 Å². The lowest BCUT2D eigenvalue weighted by molar-refractivity contribution is -0.165. The van der Waals surface area contributed by atoms with Crippen LogP contribution in [0.4, 0.5) is 0 Å². The molecule has 25 heavy (non-hydrogen) atoms. The van der Waals surface area contributed by atoms with Crippen molar-refractivity contribution in [2.24, 2.45) is 17.8 Å². The molecular weight excluding hydrogens is 320 g/mol. The first-order valence-electron chi connectivity index (χ1n) is 8.88. The fourth-order valence-corrected chi connectivity index (χ4v) is 3.08. The molecule has 0 fully saturated rings. The van der Waals surface area contributed by atoms with E-state index in [1.54, 1.807) is 19.9 Å². The van der Waals surface area contributed by atoms with Crippen LogP contribution in [0.3, 0.4) is 0 Å². The highest BCUT2D eigenvalue weighted by molar-refractivity contribution is 6.07. The highest BCUT2D eigenvalue weighted by Gasteiger charge is 2.35. The van der Waals surface area contributed by atoms with Gasteiger partial charge in [-0.05, 0) is 57.3 Å². The van der Waals surface area contributed by atoms with Gasteiger partial charge in [-0.3, -0.25) is 14.4 Å². The summed E-state index contributed by atoms with van der Waals surface area (Å²) in [5.74, 6) is -2.20. The Hall–Kier alpha value is -1.75. The topological polar surface area (TPSA) is 80.7 Å². The van der Waals surface area contributed by atoms with Crippen LogP contribution in [0.15, 0.2) is 23.8 Å². The molecular formula is C20H30O5. The molecule has 0 spiro atoms. The molecule has 0 bridgehead atoms. The number of hydrogen-bond acceptors (Lipinski definition) is 5. The predicted octanol–water partition coefficient (Wildman–Crippen LogP) is 3.01. The summed E-state index contributed by atoms with van der Waals surface area (Å²) in [6.45, 7) is 10.2. The van der Waals surface area contributed by atoms with Crippen LogP contribution in [-0.4, -0.2) is 34.3 Å². The highest BCUT2D eigenvalue weighted by atomic mass is 16.6. The van der Waals surface area contributed by atoms with Crippen molar-refractivity contribution in [2.75, 3.05) is 0 Å². The monoisotopic (exact) mass is 350 g/mol. The first kappa shape index (κ1) is 21.3. The molecule has 1 aliphatic heterocycles. The van der Waals surface area contributed by atoms with Gasteiger partial charge in [0.2, 0.25) is 0 Å². The van der Waals surface area contributed by atoms with Gasteiger partial charge in [-0.15, -0.1) is 0 Å². The summed E-state index contributed by atoms with van der Waals surface area (Å²) < 4.78 is 5.38. The van der Waals surface area contributed by atoms with Crippen molar-refractivity contribution in [3.05, 3.63) is 23.8 Å². The second-order valence-corrected chi connectivity index (χ2v) is 7.34. The van der Waals surface area contributed by atoms with E-state index in [4.69, 9.17) is 4.74 Å². The minimum atomic E-state index is -1.48. The number of Topliss-reactive ketones (excluding diaryl/α,β-unsaturated/α-hetero) is 1. The summed E-state index contributed by atoms with van der Waals surface area (Å²) in [7, 11) is 0. The van der Waals surface area contributed by atoms with E-state index in [-0.39, 0.29) is 23.4 Å². The SMILES string of the molecule is CC[C@H]1OC(=O)[C@H](C)C(=O)/C(C)=C\[C@@H](C)C[C@@H](C)C(=O)/C=C\[C@@]1(C)O. The van der Waals surface area contributed by atoms with Gasteiger partial charge in [0.05, 0.1) is 0 Å². The largest absolute Gasteiger partial charge is 0.458 e. The maximum absolute atomic E-state index is 12.5. The average Bonchev–Trinajstić information content (AvgIpc) is 2.54. The molecule has 0 radical (unpaired) electrons. The molecule has 1 rings (SSSR count). The second-order valence-electron chi connectivity index (χ2n) is 7.34. The highest BCUT2D eigenvalue weighted by Crippen LogP contribution is 2.23. The molecule has 0 aromatic rings. The standard InChI is InChI=1S/C20H30O5/c1-7-17-20(6,24)9-8-16(21)13(3)10-12(2)11-14(4)18(22)15(5)19(23)25-17/h8-9,11-13,15,17,24H,7,10H2,1-6H3/b9-8-,14-11-/t12-,13+,15+,17+,20+/m0/s1. The summed E-state index contributed by atoms with van der Waals surface area (Å²) >= 11 is 0. The summed E-state index contributed by atoms with van der Waals surface area (Å²) in [5, 5.41) is 10.6. The third-order valence-corrected chi connectivity index (χ3v) is 4.75. The maximum Gasteiger partial charge on any atom is 0.316 e. The van der Waals surface area contributed by atoms with Gasteiger partial charge in [-0.2, -0.15) is 0 Å². The number of allylic oxidation sites excluding steroid dienone is 3. The zero-order chi connectivity index (χ0) is 19.4. The molecule has 0 aromatic carbocycles.